The van der Waals surface area contributed by atoms with Crippen LogP contribution < -0.4 is 5.73 Å². The van der Waals surface area contributed by atoms with Crippen LogP contribution in [-0.4, -0.2) is 43.8 Å². The Labute approximate surface area is 101 Å². The molecule has 3 nitrogen and oxygen atoms in total. The second-order valence-electron chi connectivity index (χ2n) is 5.87. The third-order valence-corrected chi connectivity index (χ3v) is 4.03. The van der Waals surface area contributed by atoms with Gasteiger partial charge in [0.15, 0.2) is 0 Å². The Morgan fingerprint density at radius 3 is 2.06 bits per heavy atom. The Balaban J connectivity index is 4.93. The molecule has 98 valence electrons. The van der Waals surface area contributed by atoms with Gasteiger partial charge in [0.2, 0.25) is 0 Å². The highest BCUT2D eigenvalue weighted by Crippen LogP contribution is 2.29. The van der Waals surface area contributed by atoms with E-state index in [4.69, 9.17) is 10.5 Å². The molecule has 0 aromatic rings. The van der Waals surface area contributed by atoms with E-state index in [2.05, 4.69) is 46.6 Å². The average Bonchev–Trinajstić information content (AvgIpc) is 2.22. The molecule has 16 heavy (non-hydrogen) atoms. The first kappa shape index (κ1) is 15.9. The molecule has 0 aliphatic rings. The molecule has 0 amide bonds. The minimum atomic E-state index is -0.0402. The Bertz CT molecular complexity index is 195. The fourth-order valence-corrected chi connectivity index (χ4v) is 2.06. The summed E-state index contributed by atoms with van der Waals surface area (Å²) in [6, 6.07) is 0.464. The molecule has 0 bridgehead atoms. The molecular formula is C13H30N2O. The summed E-state index contributed by atoms with van der Waals surface area (Å²) in [5, 5.41) is 0. The number of hydrogen-bond acceptors (Lipinski definition) is 3. The Kier molecular flexibility index (Phi) is 5.94. The van der Waals surface area contributed by atoms with Crippen molar-refractivity contribution in [3.8, 4) is 0 Å². The Morgan fingerprint density at radius 2 is 1.81 bits per heavy atom. The molecule has 0 radical (unpaired) electrons. The molecule has 0 spiro atoms. The van der Waals surface area contributed by atoms with E-state index in [1.165, 1.54) is 0 Å². The van der Waals surface area contributed by atoms with E-state index >= 15 is 0 Å². The lowest BCUT2D eigenvalue weighted by molar-refractivity contribution is -0.0208. The third-order valence-electron chi connectivity index (χ3n) is 4.03. The second-order valence-corrected chi connectivity index (χ2v) is 5.87. The number of ether oxygens (including phenoxy) is 1. The number of likely N-dealkylation sites (N-methyl/N-ethyl adjacent to an activating group) is 1. The maximum absolute atomic E-state index is 5.96. The summed E-state index contributed by atoms with van der Waals surface area (Å²) in [4.78, 5) is 2.39. The lowest BCUT2D eigenvalue weighted by Gasteiger charge is -2.47. The molecule has 0 aliphatic carbocycles. The van der Waals surface area contributed by atoms with E-state index in [0.717, 1.165) is 6.42 Å². The summed E-state index contributed by atoms with van der Waals surface area (Å²) in [7, 11) is 3.90. The summed E-state index contributed by atoms with van der Waals surface area (Å²) >= 11 is 0. The highest BCUT2D eigenvalue weighted by molar-refractivity contribution is 4.94. The van der Waals surface area contributed by atoms with Crippen LogP contribution in [0.1, 0.15) is 41.0 Å². The van der Waals surface area contributed by atoms with Crippen LogP contribution in [0.5, 0.6) is 0 Å². The van der Waals surface area contributed by atoms with Crippen LogP contribution in [0.15, 0.2) is 0 Å². The van der Waals surface area contributed by atoms with Crippen molar-refractivity contribution in [2.24, 2.45) is 11.1 Å². The smallest absolute Gasteiger partial charge is 0.0658 e. The van der Waals surface area contributed by atoms with Gasteiger partial charge in [-0.3, -0.25) is 4.90 Å². The predicted molar refractivity (Wildman–Crippen MR) is 70.6 cm³/mol. The molecule has 0 rings (SSSR count). The van der Waals surface area contributed by atoms with Gasteiger partial charge in [0.25, 0.3) is 0 Å². The van der Waals surface area contributed by atoms with Gasteiger partial charge in [-0.25, -0.2) is 0 Å². The molecule has 0 saturated carbocycles. The highest BCUT2D eigenvalue weighted by atomic mass is 16.5. The molecule has 3 heteroatoms. The summed E-state index contributed by atoms with van der Waals surface area (Å²) in [5.41, 5.74) is 6.17. The van der Waals surface area contributed by atoms with Crippen molar-refractivity contribution in [1.29, 1.82) is 0 Å². The third kappa shape index (κ3) is 3.44. The van der Waals surface area contributed by atoms with Crippen molar-refractivity contribution < 1.29 is 4.74 Å². The van der Waals surface area contributed by atoms with E-state index in [-0.39, 0.29) is 11.0 Å². The zero-order chi connectivity index (χ0) is 13.0. The van der Waals surface area contributed by atoms with Crippen LogP contribution in [0.25, 0.3) is 0 Å². The summed E-state index contributed by atoms with van der Waals surface area (Å²) in [6.07, 6.45) is 1.01. The fraction of sp³-hybridized carbons (Fsp3) is 1.00. The Morgan fingerprint density at radius 1 is 1.31 bits per heavy atom. The van der Waals surface area contributed by atoms with Gasteiger partial charge in [-0.1, -0.05) is 27.7 Å². The second kappa shape index (κ2) is 5.99. The number of methoxy groups -OCH3 is 1. The van der Waals surface area contributed by atoms with Crippen molar-refractivity contribution in [3.05, 3.63) is 0 Å². The first-order valence-corrected chi connectivity index (χ1v) is 6.17. The molecule has 0 saturated heterocycles. The van der Waals surface area contributed by atoms with Crippen LogP contribution >= 0.6 is 0 Å². The van der Waals surface area contributed by atoms with E-state index in [1.54, 1.807) is 7.11 Å². The number of nitrogens with two attached hydrogens (primary N) is 1. The quantitative estimate of drug-likeness (QED) is 0.759. The van der Waals surface area contributed by atoms with Crippen molar-refractivity contribution in [2.45, 2.75) is 52.6 Å². The average molecular weight is 230 g/mol. The molecule has 0 heterocycles. The maximum atomic E-state index is 5.96. The molecular weight excluding hydrogens is 200 g/mol. The van der Waals surface area contributed by atoms with Gasteiger partial charge in [0.05, 0.1) is 12.1 Å². The Hall–Kier alpha value is -0.120. The molecule has 0 aromatic carbocycles. The molecule has 2 N–H and O–H groups in total. The topological polar surface area (TPSA) is 38.5 Å². The SMILES string of the molecule is CCC(CN)(COC)N(C)C(C)C(C)(C)C. The normalized spacial score (nSPS) is 18.6. The zero-order valence-corrected chi connectivity index (χ0v) is 12.1. The number of rotatable bonds is 6. The first-order valence-electron chi connectivity index (χ1n) is 6.17. The summed E-state index contributed by atoms with van der Waals surface area (Å²) < 4.78 is 5.35. The van der Waals surface area contributed by atoms with Crippen LogP contribution in [0, 0.1) is 5.41 Å². The van der Waals surface area contributed by atoms with Crippen LogP contribution in [0.4, 0.5) is 0 Å². The molecule has 0 fully saturated rings. The van der Waals surface area contributed by atoms with E-state index in [1.807, 2.05) is 0 Å². The van der Waals surface area contributed by atoms with E-state index in [0.29, 0.717) is 19.2 Å². The van der Waals surface area contributed by atoms with Crippen molar-refractivity contribution in [2.75, 3.05) is 27.3 Å². The van der Waals surface area contributed by atoms with Gasteiger partial charge in [-0.2, -0.15) is 0 Å². The van der Waals surface area contributed by atoms with Crippen LogP contribution in [0.2, 0.25) is 0 Å². The number of hydrogen-bond donors (Lipinski definition) is 1. The molecule has 0 aromatic heterocycles. The van der Waals surface area contributed by atoms with Crippen molar-refractivity contribution in [3.63, 3.8) is 0 Å². The van der Waals surface area contributed by atoms with Crippen LogP contribution in [-0.2, 0) is 4.74 Å². The lowest BCUT2D eigenvalue weighted by Crippen LogP contribution is -2.60. The fourth-order valence-electron chi connectivity index (χ4n) is 2.06. The molecule has 2 unspecified atom stereocenters. The van der Waals surface area contributed by atoms with E-state index in [9.17, 15) is 0 Å². The maximum Gasteiger partial charge on any atom is 0.0658 e. The minimum Gasteiger partial charge on any atom is -0.383 e. The molecule has 0 aliphatic heterocycles. The minimum absolute atomic E-state index is 0.0402. The van der Waals surface area contributed by atoms with E-state index < -0.39 is 0 Å². The largest absolute Gasteiger partial charge is 0.383 e. The lowest BCUT2D eigenvalue weighted by atomic mass is 9.83. The van der Waals surface area contributed by atoms with Gasteiger partial charge >= 0.3 is 0 Å². The van der Waals surface area contributed by atoms with Crippen molar-refractivity contribution >= 4 is 0 Å². The van der Waals surface area contributed by atoms with Gasteiger partial charge in [0, 0.05) is 19.7 Å². The zero-order valence-electron chi connectivity index (χ0n) is 12.1. The van der Waals surface area contributed by atoms with Crippen LogP contribution in [0.3, 0.4) is 0 Å². The van der Waals surface area contributed by atoms with Gasteiger partial charge in [-0.05, 0) is 25.8 Å². The van der Waals surface area contributed by atoms with Gasteiger partial charge in [-0.15, -0.1) is 0 Å². The van der Waals surface area contributed by atoms with Gasteiger partial charge < -0.3 is 10.5 Å². The van der Waals surface area contributed by atoms with Crippen molar-refractivity contribution in [1.82, 2.24) is 4.90 Å². The monoisotopic (exact) mass is 230 g/mol. The van der Waals surface area contributed by atoms with Gasteiger partial charge in [0.1, 0.15) is 0 Å². The number of nitrogens with zero attached hydrogens (tertiary/aromatic N) is 1. The summed E-state index contributed by atoms with van der Waals surface area (Å²) in [5.74, 6) is 0. The molecule has 2 atom stereocenters. The first-order chi connectivity index (χ1) is 7.25. The summed E-state index contributed by atoms with van der Waals surface area (Å²) in [6.45, 7) is 12.5. The highest BCUT2D eigenvalue weighted by Gasteiger charge is 2.37. The predicted octanol–water partition coefficient (Wildman–Crippen LogP) is 2.11. The standard InChI is InChI=1S/C13H30N2O/c1-8-13(9-14,10-16-7)15(6)11(2)12(3,4)5/h11H,8-10,14H2,1-7H3.